The monoisotopic (exact) mass is 583 g/mol. The van der Waals surface area contributed by atoms with E-state index in [0.717, 1.165) is 11.3 Å². The number of thiazole rings is 1. The number of oxime groups is 1. The minimum Gasteiger partial charge on any atom is -0.477 e. The zero-order valence-electron chi connectivity index (χ0n) is 17.0. The molecular weight excluding hydrogens is 569 g/mol. The smallest absolute Gasteiger partial charge is 0.352 e. The number of aliphatic carboxylic acids is 1. The highest BCUT2D eigenvalue weighted by molar-refractivity contribution is 8.01. The highest BCUT2D eigenvalue weighted by Crippen LogP contribution is 2.41. The number of carbonyl (C=O) groups excluding carboxylic acids is 2. The standard InChI is InChI=1S/C16H14ClN7O5S4.ClH/c1-29-23-7(6-10(17)33-15(18)21-6)11(25)20-8-12(26)24-9(14(27)28)5(2-30-13(8)24)3-31-16-22-19-4-32-16;/h4,8,13H,2-3H2,1H3,(H2,18,21)(H,20,25)(H,27,28);1H/b23-7-;/t8?,13-;/m1./s1. The number of nitrogens with two attached hydrogens (primary N) is 1. The van der Waals surface area contributed by atoms with E-state index in [9.17, 15) is 19.5 Å². The van der Waals surface area contributed by atoms with Crippen molar-refractivity contribution in [3.05, 3.63) is 26.8 Å². The van der Waals surface area contributed by atoms with Gasteiger partial charge in [-0.3, -0.25) is 14.5 Å². The van der Waals surface area contributed by atoms with Gasteiger partial charge < -0.3 is 21.0 Å². The molecule has 0 aromatic carbocycles. The Hall–Kier alpha value is -2.11. The third-order valence-corrected chi connectivity index (χ3v) is 8.84. The van der Waals surface area contributed by atoms with E-state index in [4.69, 9.17) is 22.2 Å². The van der Waals surface area contributed by atoms with Gasteiger partial charge in [0.05, 0.1) is 0 Å². The number of carboxylic acids is 1. The van der Waals surface area contributed by atoms with Crippen molar-refractivity contribution < 1.29 is 24.3 Å². The maximum atomic E-state index is 12.9. The molecule has 2 aromatic heterocycles. The number of fused-ring (bicyclic) bond motifs is 1. The summed E-state index contributed by atoms with van der Waals surface area (Å²) in [5.41, 5.74) is 7.52. The van der Waals surface area contributed by atoms with E-state index in [1.165, 1.54) is 46.9 Å². The molecule has 0 aliphatic carbocycles. The van der Waals surface area contributed by atoms with Crippen LogP contribution in [0.5, 0.6) is 0 Å². The molecule has 12 nitrogen and oxygen atoms in total. The third kappa shape index (κ3) is 5.11. The highest BCUT2D eigenvalue weighted by Gasteiger charge is 2.54. The van der Waals surface area contributed by atoms with E-state index in [2.05, 4.69) is 25.7 Å². The van der Waals surface area contributed by atoms with Crippen molar-refractivity contribution in [1.29, 1.82) is 0 Å². The molecule has 2 aliphatic rings. The van der Waals surface area contributed by atoms with E-state index in [1.54, 1.807) is 5.51 Å². The zero-order valence-corrected chi connectivity index (χ0v) is 21.8. The molecule has 18 heteroatoms. The molecule has 34 heavy (non-hydrogen) atoms. The molecule has 4 N–H and O–H groups in total. The van der Waals surface area contributed by atoms with Gasteiger partial charge in [0.25, 0.3) is 11.8 Å². The van der Waals surface area contributed by atoms with Gasteiger partial charge in [-0.25, -0.2) is 9.78 Å². The van der Waals surface area contributed by atoms with Gasteiger partial charge in [0.1, 0.15) is 39.8 Å². The molecule has 4 heterocycles. The van der Waals surface area contributed by atoms with Gasteiger partial charge in [-0.05, 0) is 5.57 Å². The first kappa shape index (κ1) is 26.5. The van der Waals surface area contributed by atoms with Crippen LogP contribution in [0.15, 0.2) is 26.3 Å². The Balaban J connectivity index is 0.00000324. The Morgan fingerprint density at radius 1 is 1.50 bits per heavy atom. The van der Waals surface area contributed by atoms with Crippen LogP contribution >= 0.6 is 70.2 Å². The molecular formula is C16H15Cl2N7O5S4. The van der Waals surface area contributed by atoms with Crippen LogP contribution < -0.4 is 11.1 Å². The summed E-state index contributed by atoms with van der Waals surface area (Å²) in [5.74, 6) is -1.77. The summed E-state index contributed by atoms with van der Waals surface area (Å²) in [6.07, 6.45) is 0. The summed E-state index contributed by atoms with van der Waals surface area (Å²) in [6, 6.07) is -0.953. The summed E-state index contributed by atoms with van der Waals surface area (Å²) in [6.45, 7) is 0. The SMILES string of the molecule is CO/N=C(\C(=O)NC1C(=O)N2C(C(=O)O)=C(CSc3nncs3)CS[C@H]12)c1nc(N)sc1Cl.Cl. The van der Waals surface area contributed by atoms with Crippen molar-refractivity contribution in [2.75, 3.05) is 24.3 Å². The van der Waals surface area contributed by atoms with Crippen LogP contribution in [0.2, 0.25) is 4.34 Å². The number of amides is 2. The van der Waals surface area contributed by atoms with Gasteiger partial charge in [0.15, 0.2) is 15.2 Å². The van der Waals surface area contributed by atoms with Crippen molar-refractivity contribution in [2.45, 2.75) is 15.8 Å². The number of β-lactam (4-membered cyclic amide) rings is 1. The molecule has 4 rings (SSSR count). The summed E-state index contributed by atoms with van der Waals surface area (Å²) in [4.78, 5) is 47.6. The van der Waals surface area contributed by atoms with Crippen LogP contribution in [0.4, 0.5) is 5.13 Å². The summed E-state index contributed by atoms with van der Waals surface area (Å²) >= 11 is 11.1. The molecule has 0 radical (unpaired) electrons. The fourth-order valence-corrected chi connectivity index (χ4v) is 7.03. The summed E-state index contributed by atoms with van der Waals surface area (Å²) in [7, 11) is 1.25. The fraction of sp³-hybridized carbons (Fsp3) is 0.312. The van der Waals surface area contributed by atoms with Crippen molar-refractivity contribution in [1.82, 2.24) is 25.4 Å². The first-order valence-corrected chi connectivity index (χ1v) is 13.1. The van der Waals surface area contributed by atoms with E-state index >= 15 is 0 Å². The van der Waals surface area contributed by atoms with Crippen molar-refractivity contribution in [3.8, 4) is 0 Å². The maximum Gasteiger partial charge on any atom is 0.352 e. The average molecular weight is 585 g/mol. The lowest BCUT2D eigenvalue weighted by Gasteiger charge is -2.49. The normalized spacial score (nSPS) is 19.8. The number of nitrogens with one attached hydrogen (secondary N) is 1. The number of anilines is 1. The van der Waals surface area contributed by atoms with Crippen LogP contribution in [-0.4, -0.2) is 78.7 Å². The predicted octanol–water partition coefficient (Wildman–Crippen LogP) is 1.53. The van der Waals surface area contributed by atoms with Gasteiger partial charge in [-0.2, -0.15) is 0 Å². The van der Waals surface area contributed by atoms with E-state index in [-0.39, 0.29) is 39.0 Å². The minimum absolute atomic E-state index is 0. The quantitative estimate of drug-likeness (QED) is 0.178. The van der Waals surface area contributed by atoms with E-state index in [1.807, 2.05) is 0 Å². The summed E-state index contributed by atoms with van der Waals surface area (Å²) in [5, 5.41) is 23.2. The number of hydrogen-bond donors (Lipinski definition) is 3. The molecule has 0 spiro atoms. The maximum absolute atomic E-state index is 12.9. The lowest BCUT2D eigenvalue weighted by atomic mass is 10.0. The largest absolute Gasteiger partial charge is 0.477 e. The van der Waals surface area contributed by atoms with Gasteiger partial charge in [-0.1, -0.05) is 51.2 Å². The Morgan fingerprint density at radius 2 is 2.26 bits per heavy atom. The van der Waals surface area contributed by atoms with Gasteiger partial charge in [-0.15, -0.1) is 34.4 Å². The van der Waals surface area contributed by atoms with E-state index in [0.29, 0.717) is 21.4 Å². The second-order valence-corrected chi connectivity index (χ2v) is 11.2. The number of hydrogen-bond acceptors (Lipinski definition) is 13. The molecule has 1 saturated heterocycles. The Morgan fingerprint density at radius 3 is 2.85 bits per heavy atom. The second-order valence-electron chi connectivity index (χ2n) is 6.41. The molecule has 182 valence electrons. The number of aromatic nitrogens is 3. The van der Waals surface area contributed by atoms with Crippen molar-refractivity contribution in [3.63, 3.8) is 0 Å². The van der Waals surface area contributed by atoms with Crippen LogP contribution in [-0.2, 0) is 19.2 Å². The zero-order chi connectivity index (χ0) is 23.7. The first-order valence-electron chi connectivity index (χ1n) is 8.95. The predicted molar refractivity (Wildman–Crippen MR) is 133 cm³/mol. The van der Waals surface area contributed by atoms with Crippen LogP contribution in [0.3, 0.4) is 0 Å². The average Bonchev–Trinajstić information content (AvgIpc) is 3.42. The number of carboxylic acid groups (broad SMARTS) is 1. The number of nitrogen functional groups attached to an aromatic ring is 1. The lowest BCUT2D eigenvalue weighted by molar-refractivity contribution is -0.150. The third-order valence-electron chi connectivity index (χ3n) is 4.47. The molecule has 1 unspecified atom stereocenters. The highest BCUT2D eigenvalue weighted by atomic mass is 35.5. The molecule has 0 bridgehead atoms. The number of carbonyl (C=O) groups is 3. The molecule has 2 aliphatic heterocycles. The molecule has 2 amide bonds. The Labute approximate surface area is 219 Å². The Bertz CT molecular complexity index is 1170. The van der Waals surface area contributed by atoms with Crippen LogP contribution in [0.1, 0.15) is 5.69 Å². The van der Waals surface area contributed by atoms with Crippen LogP contribution in [0, 0.1) is 0 Å². The van der Waals surface area contributed by atoms with Gasteiger partial charge in [0.2, 0.25) is 0 Å². The number of thioether (sulfide) groups is 2. The molecule has 1 fully saturated rings. The minimum atomic E-state index is -1.21. The van der Waals surface area contributed by atoms with Gasteiger partial charge >= 0.3 is 5.97 Å². The molecule has 2 atom stereocenters. The van der Waals surface area contributed by atoms with Crippen molar-refractivity contribution >= 4 is 98.8 Å². The first-order chi connectivity index (χ1) is 15.8. The summed E-state index contributed by atoms with van der Waals surface area (Å²) < 4.78 is 0.839. The fourth-order valence-electron chi connectivity index (χ4n) is 3.13. The topological polar surface area (TPSA) is 173 Å². The lowest BCUT2D eigenvalue weighted by Crippen LogP contribution is -2.71. The second kappa shape index (κ2) is 11.1. The van der Waals surface area contributed by atoms with Crippen molar-refractivity contribution in [2.24, 2.45) is 5.16 Å². The van der Waals surface area contributed by atoms with Gasteiger partial charge in [0, 0.05) is 11.5 Å². The number of halogens is 2. The Kier molecular flexibility index (Phi) is 8.64. The number of rotatable bonds is 8. The van der Waals surface area contributed by atoms with E-state index < -0.39 is 29.2 Å². The van der Waals surface area contributed by atoms with Crippen LogP contribution in [0.25, 0.3) is 0 Å². The number of nitrogens with zero attached hydrogens (tertiary/aromatic N) is 5. The molecule has 0 saturated carbocycles. The molecule has 2 aromatic rings.